The number of carbonyl (C=O) groups excluding carboxylic acids is 2. The van der Waals surface area contributed by atoms with Crippen LogP contribution in [0.1, 0.15) is 27.0 Å². The summed E-state index contributed by atoms with van der Waals surface area (Å²) in [5.41, 5.74) is 5.14. The second kappa shape index (κ2) is 9.00. The molecule has 31 heavy (non-hydrogen) atoms. The van der Waals surface area contributed by atoms with Crippen LogP contribution >= 0.6 is 23.2 Å². The minimum Gasteiger partial charge on any atom is -0.334 e. The van der Waals surface area contributed by atoms with Crippen LogP contribution in [0.25, 0.3) is 0 Å². The molecule has 3 amide bonds. The van der Waals surface area contributed by atoms with Gasteiger partial charge in [-0.15, -0.1) is 0 Å². The number of hydrogen-bond donors (Lipinski definition) is 2. The smallest absolute Gasteiger partial charge is 0.319 e. The van der Waals surface area contributed by atoms with Crippen molar-refractivity contribution in [3.05, 3.63) is 93.0 Å². The Hall–Kier alpha value is -3.02. The third kappa shape index (κ3) is 4.84. The Morgan fingerprint density at radius 2 is 1.77 bits per heavy atom. The fraction of sp³-hybridized carbons (Fsp3) is 0.167. The standard InChI is InChI=1S/C24H21Cl2N3O2/c1-15-2-5-18(6-3-15)23(30)29-11-10-17-7-4-16(12-22(17)29)14-27-24(31)28-21-13-19(25)8-9-20(21)26/h2-9,12-13H,10-11,14H2,1H3,(H2,27,28,31). The molecule has 7 heteroatoms. The van der Waals surface area contributed by atoms with Gasteiger partial charge in [0.05, 0.1) is 10.7 Å². The molecular weight excluding hydrogens is 433 g/mol. The number of nitrogens with zero attached hydrogens (tertiary/aromatic N) is 1. The van der Waals surface area contributed by atoms with E-state index in [1.165, 1.54) is 0 Å². The highest BCUT2D eigenvalue weighted by atomic mass is 35.5. The molecule has 3 aromatic rings. The van der Waals surface area contributed by atoms with Gasteiger partial charge in [-0.1, -0.05) is 53.0 Å². The molecule has 4 rings (SSSR count). The maximum Gasteiger partial charge on any atom is 0.319 e. The quantitative estimate of drug-likeness (QED) is 0.522. The number of rotatable bonds is 4. The first-order valence-corrected chi connectivity index (χ1v) is 10.7. The highest BCUT2D eigenvalue weighted by Crippen LogP contribution is 2.30. The second-order valence-electron chi connectivity index (χ2n) is 7.47. The van der Waals surface area contributed by atoms with E-state index in [1.54, 1.807) is 23.1 Å². The maximum atomic E-state index is 13.0. The summed E-state index contributed by atoms with van der Waals surface area (Å²) in [4.78, 5) is 27.1. The van der Waals surface area contributed by atoms with Crippen LogP contribution in [0.15, 0.2) is 60.7 Å². The van der Waals surface area contributed by atoms with Gasteiger partial charge in [-0.3, -0.25) is 4.79 Å². The molecule has 0 saturated heterocycles. The molecule has 0 unspecified atom stereocenters. The molecule has 1 heterocycles. The molecule has 3 aromatic carbocycles. The summed E-state index contributed by atoms with van der Waals surface area (Å²) >= 11 is 12.0. The number of hydrogen-bond acceptors (Lipinski definition) is 2. The lowest BCUT2D eigenvalue weighted by Gasteiger charge is -2.18. The fourth-order valence-corrected chi connectivity index (χ4v) is 3.88. The fourth-order valence-electron chi connectivity index (χ4n) is 3.54. The molecule has 0 saturated carbocycles. The van der Waals surface area contributed by atoms with Crippen molar-refractivity contribution in [1.82, 2.24) is 5.32 Å². The lowest BCUT2D eigenvalue weighted by molar-refractivity contribution is 0.0989. The van der Waals surface area contributed by atoms with Gasteiger partial charge in [0.2, 0.25) is 0 Å². The zero-order chi connectivity index (χ0) is 22.0. The Morgan fingerprint density at radius 3 is 2.55 bits per heavy atom. The van der Waals surface area contributed by atoms with Gasteiger partial charge in [0.1, 0.15) is 0 Å². The monoisotopic (exact) mass is 453 g/mol. The first-order chi connectivity index (χ1) is 14.9. The predicted molar refractivity (Wildman–Crippen MR) is 125 cm³/mol. The van der Waals surface area contributed by atoms with Crippen molar-refractivity contribution < 1.29 is 9.59 Å². The molecule has 0 aromatic heterocycles. The van der Waals surface area contributed by atoms with E-state index in [-0.39, 0.29) is 5.91 Å². The summed E-state index contributed by atoms with van der Waals surface area (Å²) in [6.07, 6.45) is 0.814. The lowest BCUT2D eigenvalue weighted by Crippen LogP contribution is -2.29. The third-order valence-corrected chi connectivity index (χ3v) is 5.78. The topological polar surface area (TPSA) is 61.4 Å². The van der Waals surface area contributed by atoms with Crippen molar-refractivity contribution in [2.45, 2.75) is 19.9 Å². The average Bonchev–Trinajstić information content (AvgIpc) is 3.18. The molecule has 5 nitrogen and oxygen atoms in total. The first-order valence-electron chi connectivity index (χ1n) is 9.91. The van der Waals surface area contributed by atoms with Crippen molar-refractivity contribution in [3.63, 3.8) is 0 Å². The van der Waals surface area contributed by atoms with E-state index >= 15 is 0 Å². The molecule has 1 aliphatic rings. The van der Waals surface area contributed by atoms with Gasteiger partial charge >= 0.3 is 6.03 Å². The molecule has 0 aliphatic carbocycles. The van der Waals surface area contributed by atoms with Crippen LogP contribution in [0.4, 0.5) is 16.2 Å². The number of urea groups is 1. The summed E-state index contributed by atoms with van der Waals surface area (Å²) in [7, 11) is 0. The van der Waals surface area contributed by atoms with Gasteiger partial charge in [-0.25, -0.2) is 4.79 Å². The van der Waals surface area contributed by atoms with Crippen molar-refractivity contribution >= 4 is 46.5 Å². The minimum atomic E-state index is -0.391. The number of anilines is 2. The molecule has 158 valence electrons. The van der Waals surface area contributed by atoms with Gasteiger partial charge in [-0.05, 0) is 60.9 Å². The lowest BCUT2D eigenvalue weighted by atomic mass is 10.1. The summed E-state index contributed by atoms with van der Waals surface area (Å²) in [5, 5.41) is 6.40. The average molecular weight is 454 g/mol. The number of benzene rings is 3. The SMILES string of the molecule is Cc1ccc(C(=O)N2CCc3ccc(CNC(=O)Nc4cc(Cl)ccc4Cl)cc32)cc1. The Kier molecular flexibility index (Phi) is 6.16. The number of amides is 3. The van der Waals surface area contributed by atoms with Gasteiger partial charge < -0.3 is 15.5 Å². The number of fused-ring (bicyclic) bond motifs is 1. The molecule has 0 fully saturated rings. The summed E-state index contributed by atoms with van der Waals surface area (Å²) in [6, 6.07) is 18.0. The van der Waals surface area contributed by atoms with Gasteiger partial charge in [0, 0.05) is 29.4 Å². The van der Waals surface area contributed by atoms with Crippen LogP contribution in [0.2, 0.25) is 10.0 Å². The Morgan fingerprint density at radius 1 is 1.00 bits per heavy atom. The molecule has 0 bridgehead atoms. The highest BCUT2D eigenvalue weighted by molar-refractivity contribution is 6.35. The minimum absolute atomic E-state index is 0.0165. The van der Waals surface area contributed by atoms with Crippen molar-refractivity contribution in [1.29, 1.82) is 0 Å². The summed E-state index contributed by atoms with van der Waals surface area (Å²) < 4.78 is 0. The molecule has 0 atom stereocenters. The maximum absolute atomic E-state index is 13.0. The van der Waals surface area contributed by atoms with Crippen LogP contribution in [-0.4, -0.2) is 18.5 Å². The van der Waals surface area contributed by atoms with E-state index in [4.69, 9.17) is 23.2 Å². The molecule has 1 aliphatic heterocycles. The van der Waals surface area contributed by atoms with Crippen LogP contribution in [-0.2, 0) is 13.0 Å². The van der Waals surface area contributed by atoms with Crippen molar-refractivity contribution in [2.75, 3.05) is 16.8 Å². The molecular formula is C24H21Cl2N3O2. The van der Waals surface area contributed by atoms with Gasteiger partial charge in [0.15, 0.2) is 0 Å². The molecule has 0 radical (unpaired) electrons. The number of aryl methyl sites for hydroxylation is 1. The van der Waals surface area contributed by atoms with Crippen LogP contribution in [0.3, 0.4) is 0 Å². The highest BCUT2D eigenvalue weighted by Gasteiger charge is 2.25. The van der Waals surface area contributed by atoms with E-state index in [0.29, 0.717) is 34.4 Å². The van der Waals surface area contributed by atoms with Crippen LogP contribution in [0, 0.1) is 6.92 Å². The molecule has 0 spiro atoms. The van der Waals surface area contributed by atoms with E-state index in [1.807, 2.05) is 49.4 Å². The van der Waals surface area contributed by atoms with E-state index < -0.39 is 6.03 Å². The number of halogens is 2. The normalized spacial score (nSPS) is 12.4. The zero-order valence-electron chi connectivity index (χ0n) is 16.9. The Balaban J connectivity index is 1.44. The summed E-state index contributed by atoms with van der Waals surface area (Å²) in [5.74, 6) is -0.0165. The van der Waals surface area contributed by atoms with Crippen molar-refractivity contribution in [3.8, 4) is 0 Å². The first kappa shape index (κ1) is 21.2. The second-order valence-corrected chi connectivity index (χ2v) is 8.31. The van der Waals surface area contributed by atoms with Crippen molar-refractivity contribution in [2.24, 2.45) is 0 Å². The van der Waals surface area contributed by atoms with Crippen LogP contribution < -0.4 is 15.5 Å². The van der Waals surface area contributed by atoms with Gasteiger partial charge in [0.25, 0.3) is 5.91 Å². The van der Waals surface area contributed by atoms with E-state index in [9.17, 15) is 9.59 Å². The zero-order valence-corrected chi connectivity index (χ0v) is 18.4. The predicted octanol–water partition coefficient (Wildman–Crippen LogP) is 5.83. The Bertz CT molecular complexity index is 1150. The van der Waals surface area contributed by atoms with Crippen LogP contribution in [0.5, 0.6) is 0 Å². The van der Waals surface area contributed by atoms with E-state index in [0.717, 1.165) is 28.8 Å². The molecule has 2 N–H and O–H groups in total. The van der Waals surface area contributed by atoms with E-state index in [2.05, 4.69) is 10.6 Å². The van der Waals surface area contributed by atoms with Gasteiger partial charge in [-0.2, -0.15) is 0 Å². The largest absolute Gasteiger partial charge is 0.334 e. The number of nitrogens with one attached hydrogen (secondary N) is 2. The third-order valence-electron chi connectivity index (χ3n) is 5.22. The number of carbonyl (C=O) groups is 2. The summed E-state index contributed by atoms with van der Waals surface area (Å²) in [6.45, 7) is 2.95. The Labute approximate surface area is 191 Å².